The average Bonchev–Trinajstić information content (AvgIpc) is 2.41. The molecule has 0 spiro atoms. The van der Waals surface area contributed by atoms with Crippen LogP contribution < -0.4 is 5.56 Å². The second kappa shape index (κ2) is 5.43. The lowest BCUT2D eigenvalue weighted by molar-refractivity contribution is 0.0595. The van der Waals surface area contributed by atoms with Gasteiger partial charge in [-0.05, 0) is 23.8 Å². The van der Waals surface area contributed by atoms with Crippen LogP contribution in [0.3, 0.4) is 0 Å². The van der Waals surface area contributed by atoms with Gasteiger partial charge in [0.1, 0.15) is 5.82 Å². The summed E-state index contributed by atoms with van der Waals surface area (Å²) in [4.78, 5) is 22.7. The van der Waals surface area contributed by atoms with Crippen molar-refractivity contribution in [3.05, 3.63) is 63.8 Å². The number of rotatable bonds is 3. The molecule has 0 radical (unpaired) electrons. The second-order valence-corrected chi connectivity index (χ2v) is 3.83. The number of carbonyl (C=O) groups excluding carboxylic acids is 1. The Morgan fingerprint density at radius 3 is 2.84 bits per heavy atom. The number of benzene rings is 1. The zero-order chi connectivity index (χ0) is 13.8. The molecule has 0 amide bonds. The van der Waals surface area contributed by atoms with Gasteiger partial charge in [0.2, 0.25) is 0 Å². The van der Waals surface area contributed by atoms with Crippen LogP contribution in [0.2, 0.25) is 0 Å². The van der Waals surface area contributed by atoms with Crippen molar-refractivity contribution in [1.29, 1.82) is 0 Å². The van der Waals surface area contributed by atoms with E-state index in [2.05, 4.69) is 9.84 Å². The van der Waals surface area contributed by atoms with Crippen molar-refractivity contribution in [2.45, 2.75) is 6.54 Å². The summed E-state index contributed by atoms with van der Waals surface area (Å²) in [5, 5.41) is 3.87. The molecule has 98 valence electrons. The van der Waals surface area contributed by atoms with Crippen LogP contribution in [0.15, 0.2) is 41.3 Å². The minimum Gasteiger partial charge on any atom is -0.465 e. The summed E-state index contributed by atoms with van der Waals surface area (Å²) in [5.41, 5.74) is 0.116. The summed E-state index contributed by atoms with van der Waals surface area (Å²) in [5.74, 6) is -1.42. The number of nitrogens with zero attached hydrogens (tertiary/aromatic N) is 2. The normalized spacial score (nSPS) is 10.2. The van der Waals surface area contributed by atoms with E-state index in [1.54, 1.807) is 6.07 Å². The lowest BCUT2D eigenvalue weighted by atomic mass is 10.1. The molecule has 0 aliphatic carbocycles. The number of aromatic nitrogens is 2. The van der Waals surface area contributed by atoms with Crippen LogP contribution in [0.25, 0.3) is 0 Å². The fourth-order valence-electron chi connectivity index (χ4n) is 1.61. The van der Waals surface area contributed by atoms with E-state index in [1.807, 2.05) is 0 Å². The highest BCUT2D eigenvalue weighted by atomic mass is 19.1. The zero-order valence-corrected chi connectivity index (χ0v) is 10.2. The van der Waals surface area contributed by atoms with E-state index in [9.17, 15) is 14.0 Å². The van der Waals surface area contributed by atoms with Gasteiger partial charge in [0.15, 0.2) is 0 Å². The van der Waals surface area contributed by atoms with E-state index in [0.717, 1.165) is 0 Å². The van der Waals surface area contributed by atoms with E-state index in [0.29, 0.717) is 5.56 Å². The van der Waals surface area contributed by atoms with E-state index in [1.165, 1.54) is 42.3 Å². The summed E-state index contributed by atoms with van der Waals surface area (Å²) in [7, 11) is 1.18. The topological polar surface area (TPSA) is 61.2 Å². The molecule has 1 aromatic heterocycles. The van der Waals surface area contributed by atoms with Crippen molar-refractivity contribution >= 4 is 5.97 Å². The Labute approximate surface area is 108 Å². The molecule has 0 N–H and O–H groups in total. The summed E-state index contributed by atoms with van der Waals surface area (Å²) >= 11 is 0. The molecule has 5 nitrogen and oxygen atoms in total. The maximum absolute atomic E-state index is 13.7. The fraction of sp³-hybridized carbons (Fsp3) is 0.154. The zero-order valence-electron chi connectivity index (χ0n) is 10.2. The summed E-state index contributed by atoms with van der Waals surface area (Å²) in [6.07, 6.45) is 1.47. The number of halogens is 1. The monoisotopic (exact) mass is 262 g/mol. The minimum absolute atomic E-state index is 0.137. The molecule has 0 unspecified atom stereocenters. The van der Waals surface area contributed by atoms with Crippen molar-refractivity contribution in [3.8, 4) is 0 Å². The van der Waals surface area contributed by atoms with E-state index in [-0.39, 0.29) is 17.7 Å². The van der Waals surface area contributed by atoms with Crippen molar-refractivity contribution < 1.29 is 13.9 Å². The van der Waals surface area contributed by atoms with Crippen LogP contribution in [0, 0.1) is 5.82 Å². The molecule has 1 aromatic carbocycles. The molecule has 6 heteroatoms. The van der Waals surface area contributed by atoms with Crippen LogP contribution in [-0.2, 0) is 11.3 Å². The fourth-order valence-corrected chi connectivity index (χ4v) is 1.61. The molecule has 0 saturated heterocycles. The molecule has 0 aliphatic rings. The van der Waals surface area contributed by atoms with Gasteiger partial charge in [0, 0.05) is 12.3 Å². The third-order valence-electron chi connectivity index (χ3n) is 2.56. The highest BCUT2D eigenvalue weighted by Gasteiger charge is 2.12. The molecule has 1 heterocycles. The first-order chi connectivity index (χ1) is 9.11. The molecular weight excluding hydrogens is 251 g/mol. The van der Waals surface area contributed by atoms with Gasteiger partial charge in [-0.3, -0.25) is 4.79 Å². The molecule has 0 atom stereocenters. The lowest BCUT2D eigenvalue weighted by Gasteiger charge is -2.06. The standard InChI is InChI=1S/C13H11FN2O3/c1-19-13(18)10-5-4-9(7-11(10)14)8-16-12(17)3-2-6-15-16/h2-7H,8H2,1H3. The maximum Gasteiger partial charge on any atom is 0.340 e. The molecule has 0 fully saturated rings. The molecule has 2 rings (SSSR count). The summed E-state index contributed by atoms with van der Waals surface area (Å²) in [6, 6.07) is 6.96. The van der Waals surface area contributed by atoms with Crippen molar-refractivity contribution in [3.63, 3.8) is 0 Å². The lowest BCUT2D eigenvalue weighted by Crippen LogP contribution is -2.21. The van der Waals surface area contributed by atoms with Crippen LogP contribution in [0.1, 0.15) is 15.9 Å². The van der Waals surface area contributed by atoms with E-state index < -0.39 is 11.8 Å². The summed E-state index contributed by atoms with van der Waals surface area (Å²) in [6.45, 7) is 0.137. The highest BCUT2D eigenvalue weighted by Crippen LogP contribution is 2.12. The van der Waals surface area contributed by atoms with Gasteiger partial charge in [-0.25, -0.2) is 13.9 Å². The van der Waals surface area contributed by atoms with Gasteiger partial charge in [0.05, 0.1) is 19.2 Å². The van der Waals surface area contributed by atoms with Crippen LogP contribution in [0.5, 0.6) is 0 Å². The first-order valence-corrected chi connectivity index (χ1v) is 5.50. The highest BCUT2D eigenvalue weighted by molar-refractivity contribution is 5.89. The molecule has 0 bridgehead atoms. The van der Waals surface area contributed by atoms with Crippen LogP contribution in [-0.4, -0.2) is 22.9 Å². The first-order valence-electron chi connectivity index (χ1n) is 5.50. The molecule has 19 heavy (non-hydrogen) atoms. The maximum atomic E-state index is 13.7. The van der Waals surface area contributed by atoms with Gasteiger partial charge in [-0.15, -0.1) is 0 Å². The van der Waals surface area contributed by atoms with Crippen LogP contribution >= 0.6 is 0 Å². The smallest absolute Gasteiger partial charge is 0.340 e. The van der Waals surface area contributed by atoms with Gasteiger partial charge in [-0.1, -0.05) is 6.07 Å². The Hall–Kier alpha value is -2.50. The molecule has 0 saturated carbocycles. The third kappa shape index (κ3) is 2.85. The van der Waals surface area contributed by atoms with E-state index in [4.69, 9.17) is 0 Å². The predicted octanol–water partition coefficient (Wildman–Crippen LogP) is 1.22. The van der Waals surface area contributed by atoms with Gasteiger partial charge in [0.25, 0.3) is 5.56 Å². The van der Waals surface area contributed by atoms with Crippen molar-refractivity contribution in [1.82, 2.24) is 9.78 Å². The molecule has 2 aromatic rings. The van der Waals surface area contributed by atoms with Crippen molar-refractivity contribution in [2.24, 2.45) is 0 Å². The average molecular weight is 262 g/mol. The number of ether oxygens (including phenoxy) is 1. The SMILES string of the molecule is COC(=O)c1ccc(Cn2ncccc2=O)cc1F. The summed E-state index contributed by atoms with van der Waals surface area (Å²) < 4.78 is 19.3. The number of methoxy groups -OCH3 is 1. The van der Waals surface area contributed by atoms with Crippen LogP contribution in [0.4, 0.5) is 4.39 Å². The molecular formula is C13H11FN2O3. The number of carbonyl (C=O) groups is 1. The minimum atomic E-state index is -0.737. The third-order valence-corrected chi connectivity index (χ3v) is 2.56. The Morgan fingerprint density at radius 2 is 2.21 bits per heavy atom. The Balaban J connectivity index is 2.29. The van der Waals surface area contributed by atoms with Gasteiger partial charge in [-0.2, -0.15) is 5.10 Å². The Kier molecular flexibility index (Phi) is 3.70. The number of hydrogen-bond acceptors (Lipinski definition) is 4. The molecule has 0 aliphatic heterocycles. The Bertz CT molecular complexity index is 667. The predicted molar refractivity (Wildman–Crippen MR) is 65.3 cm³/mol. The quantitative estimate of drug-likeness (QED) is 0.780. The van der Waals surface area contributed by atoms with Gasteiger partial charge < -0.3 is 4.74 Å². The second-order valence-electron chi connectivity index (χ2n) is 3.83. The number of hydrogen-bond donors (Lipinski definition) is 0. The largest absolute Gasteiger partial charge is 0.465 e. The van der Waals surface area contributed by atoms with Gasteiger partial charge >= 0.3 is 5.97 Å². The van der Waals surface area contributed by atoms with Crippen molar-refractivity contribution in [2.75, 3.05) is 7.11 Å². The first kappa shape index (κ1) is 12.9. The number of esters is 1. The Morgan fingerprint density at radius 1 is 1.42 bits per heavy atom. The van der Waals surface area contributed by atoms with E-state index >= 15 is 0 Å².